The van der Waals surface area contributed by atoms with E-state index in [1.54, 1.807) is 7.11 Å². The number of carbonyl (C=O) groups is 1. The van der Waals surface area contributed by atoms with Crippen LogP contribution in [0.25, 0.3) is 0 Å². The van der Waals surface area contributed by atoms with E-state index in [-0.39, 0.29) is 10.7 Å². The Kier molecular flexibility index (Phi) is 6.92. The molecule has 1 amide bonds. The van der Waals surface area contributed by atoms with Crippen molar-refractivity contribution >= 4 is 27.6 Å². The molecule has 0 aliphatic carbocycles. The third-order valence-corrected chi connectivity index (χ3v) is 6.95. The van der Waals surface area contributed by atoms with Crippen molar-refractivity contribution in [1.82, 2.24) is 0 Å². The van der Waals surface area contributed by atoms with Gasteiger partial charge in [-0.1, -0.05) is 42.2 Å². The molecular formula is C24H28N2O2S. The minimum Gasteiger partial charge on any atom is -0.383 e. The summed E-state index contributed by atoms with van der Waals surface area (Å²) < 4.78 is 5.13. The molecule has 1 aliphatic heterocycles. The highest BCUT2D eigenvalue weighted by Gasteiger charge is 2.22. The lowest BCUT2D eigenvalue weighted by Crippen LogP contribution is -2.32. The second-order valence-corrected chi connectivity index (χ2v) is 9.86. The van der Waals surface area contributed by atoms with E-state index in [1.807, 2.05) is 53.4 Å². The lowest BCUT2D eigenvalue weighted by molar-refractivity contribution is -0.118. The maximum absolute atomic E-state index is 13.2. The molecule has 4 nitrogen and oxygen atoms in total. The van der Waals surface area contributed by atoms with E-state index in [2.05, 4.69) is 31.1 Å². The summed E-state index contributed by atoms with van der Waals surface area (Å²) in [6.45, 7) is 5.28. The summed E-state index contributed by atoms with van der Waals surface area (Å²) in [5.74, 6) is 6.55. The predicted octanol–water partition coefficient (Wildman–Crippen LogP) is 4.08. The molecule has 29 heavy (non-hydrogen) atoms. The minimum absolute atomic E-state index is 0.0775. The van der Waals surface area contributed by atoms with Crippen LogP contribution in [0.15, 0.2) is 48.5 Å². The molecule has 0 saturated heterocycles. The third-order valence-electron chi connectivity index (χ3n) is 4.96. The number of nitrogens with two attached hydrogens (primary N) is 1. The van der Waals surface area contributed by atoms with Crippen LogP contribution in [0, 0.1) is 11.8 Å². The Labute approximate surface area is 176 Å². The molecule has 0 saturated carbocycles. The van der Waals surface area contributed by atoms with Crippen LogP contribution in [0.2, 0.25) is 0 Å². The molecule has 0 aromatic heterocycles. The molecule has 0 radical (unpaired) electrons. The second-order valence-electron chi connectivity index (χ2n) is 7.67. The third kappa shape index (κ3) is 5.16. The summed E-state index contributed by atoms with van der Waals surface area (Å²) in [6.07, 6.45) is 1.05. The lowest BCUT2D eigenvalue weighted by atomic mass is 10.0. The van der Waals surface area contributed by atoms with Gasteiger partial charge in [0.25, 0.3) is 0 Å². The molecule has 0 spiro atoms. The molecule has 3 rings (SSSR count). The standard InChI is InChI=1S/C24H28N2O2S/c1-24(2,18-28-3)29(25)16-8-13-23(27)26-17-21-11-5-4-9-19(21)14-15-20-10-6-7-12-22(20)26/h4-7,9-12,16H,8,13,17-18,25H2,1-3H3. The lowest BCUT2D eigenvalue weighted by Gasteiger charge is -2.27. The largest absolute Gasteiger partial charge is 0.383 e. The van der Waals surface area contributed by atoms with Gasteiger partial charge in [0.1, 0.15) is 0 Å². The Bertz CT molecular complexity index is 986. The Morgan fingerprint density at radius 3 is 2.59 bits per heavy atom. The first-order valence-electron chi connectivity index (χ1n) is 9.71. The van der Waals surface area contributed by atoms with Crippen LogP contribution in [0.4, 0.5) is 5.69 Å². The molecule has 1 aliphatic rings. The van der Waals surface area contributed by atoms with E-state index in [1.165, 1.54) is 0 Å². The normalized spacial score (nSPS) is 14.1. The number of fused-ring (bicyclic) bond motifs is 2. The first-order chi connectivity index (χ1) is 13.9. The summed E-state index contributed by atoms with van der Waals surface area (Å²) in [4.78, 5) is 15.0. The predicted molar refractivity (Wildman–Crippen MR) is 123 cm³/mol. The number of methoxy groups -OCH3 is 1. The molecule has 1 atom stereocenters. The molecule has 1 unspecified atom stereocenters. The Morgan fingerprint density at radius 1 is 1.17 bits per heavy atom. The molecular weight excluding hydrogens is 380 g/mol. The van der Waals surface area contributed by atoms with Gasteiger partial charge < -0.3 is 9.64 Å². The number of anilines is 1. The van der Waals surface area contributed by atoms with Crippen LogP contribution in [-0.2, 0) is 16.1 Å². The number of amides is 1. The van der Waals surface area contributed by atoms with Gasteiger partial charge in [0, 0.05) is 29.4 Å². The summed E-state index contributed by atoms with van der Waals surface area (Å²) in [6, 6.07) is 15.8. The van der Waals surface area contributed by atoms with Crippen molar-refractivity contribution in [1.29, 1.82) is 0 Å². The van der Waals surface area contributed by atoms with Gasteiger partial charge in [0.05, 0.1) is 18.8 Å². The van der Waals surface area contributed by atoms with Gasteiger partial charge in [0.15, 0.2) is 0 Å². The smallest absolute Gasteiger partial charge is 0.227 e. The Hall–Kier alpha value is -2.39. The number of nitrogens with zero attached hydrogens (tertiary/aromatic N) is 1. The number of rotatable bonds is 6. The van der Waals surface area contributed by atoms with Crippen LogP contribution in [-0.4, -0.2) is 29.7 Å². The van der Waals surface area contributed by atoms with Crippen molar-refractivity contribution in [2.75, 3.05) is 18.6 Å². The van der Waals surface area contributed by atoms with Crippen molar-refractivity contribution in [3.63, 3.8) is 0 Å². The fourth-order valence-corrected chi connectivity index (χ4v) is 4.37. The molecule has 2 aromatic carbocycles. The minimum atomic E-state index is -0.432. The van der Waals surface area contributed by atoms with Crippen molar-refractivity contribution in [3.05, 3.63) is 65.2 Å². The van der Waals surface area contributed by atoms with E-state index in [9.17, 15) is 4.79 Å². The van der Waals surface area contributed by atoms with Gasteiger partial charge in [-0.3, -0.25) is 9.93 Å². The number of hydrogen-bond acceptors (Lipinski definition) is 3. The number of para-hydroxylation sites is 1. The fraction of sp³-hybridized carbons (Fsp3) is 0.333. The van der Waals surface area contributed by atoms with Crippen molar-refractivity contribution in [2.24, 2.45) is 5.14 Å². The summed E-state index contributed by atoms with van der Waals surface area (Å²) >= 11 is 0. The van der Waals surface area contributed by atoms with Gasteiger partial charge in [-0.25, -0.2) is 0 Å². The van der Waals surface area contributed by atoms with Gasteiger partial charge in [-0.05, 0) is 49.4 Å². The van der Waals surface area contributed by atoms with Crippen molar-refractivity contribution in [2.45, 2.75) is 38.0 Å². The highest BCUT2D eigenvalue weighted by Crippen LogP contribution is 2.28. The molecule has 1 heterocycles. The van der Waals surface area contributed by atoms with E-state index in [4.69, 9.17) is 9.88 Å². The average Bonchev–Trinajstić information content (AvgIpc) is 2.69. The Morgan fingerprint density at radius 2 is 1.83 bits per heavy atom. The summed E-state index contributed by atoms with van der Waals surface area (Å²) in [7, 11) is 1.25. The van der Waals surface area contributed by atoms with Crippen LogP contribution >= 0.6 is 10.7 Å². The molecule has 2 N–H and O–H groups in total. The highest BCUT2D eigenvalue weighted by molar-refractivity contribution is 8.14. The molecule has 2 aromatic rings. The van der Waals surface area contributed by atoms with E-state index < -0.39 is 10.7 Å². The van der Waals surface area contributed by atoms with Crippen molar-refractivity contribution < 1.29 is 9.53 Å². The fourth-order valence-electron chi connectivity index (χ4n) is 3.29. The molecule has 0 bridgehead atoms. The Balaban J connectivity index is 1.82. The first kappa shape index (κ1) is 21.3. The topological polar surface area (TPSA) is 55.6 Å². The van der Waals surface area contributed by atoms with Gasteiger partial charge in [-0.2, -0.15) is 0 Å². The van der Waals surface area contributed by atoms with Gasteiger partial charge >= 0.3 is 0 Å². The van der Waals surface area contributed by atoms with Crippen LogP contribution < -0.4 is 10.0 Å². The monoisotopic (exact) mass is 408 g/mol. The molecule has 0 fully saturated rings. The first-order valence-corrected chi connectivity index (χ1v) is 11.1. The van der Waals surface area contributed by atoms with Crippen molar-refractivity contribution in [3.8, 4) is 11.8 Å². The quantitative estimate of drug-likeness (QED) is 0.579. The van der Waals surface area contributed by atoms with Gasteiger partial charge in [0.2, 0.25) is 5.91 Å². The number of ether oxygens (including phenoxy) is 1. The highest BCUT2D eigenvalue weighted by atomic mass is 32.2. The van der Waals surface area contributed by atoms with Crippen LogP contribution in [0.3, 0.4) is 0 Å². The van der Waals surface area contributed by atoms with Gasteiger partial charge in [-0.15, -0.1) is 10.7 Å². The molecule has 152 valence electrons. The second kappa shape index (κ2) is 9.41. The van der Waals surface area contributed by atoms with E-state index in [0.29, 0.717) is 26.0 Å². The number of benzene rings is 2. The van der Waals surface area contributed by atoms with Crippen LogP contribution in [0.5, 0.6) is 0 Å². The summed E-state index contributed by atoms with van der Waals surface area (Å²) in [5.41, 5.74) is 3.77. The maximum atomic E-state index is 13.2. The summed E-state index contributed by atoms with van der Waals surface area (Å²) in [5, 5.41) is 8.39. The molecule has 5 heteroatoms. The maximum Gasteiger partial charge on any atom is 0.227 e. The number of hydrogen-bond donors (Lipinski definition) is 1. The average molecular weight is 409 g/mol. The SMILES string of the molecule is COCC(C)(C)/S(N)=C/CCC(=O)N1Cc2ccccc2C#Cc2ccccc21. The zero-order valence-electron chi connectivity index (χ0n) is 17.3. The van der Waals surface area contributed by atoms with E-state index in [0.717, 1.165) is 22.4 Å². The zero-order chi connectivity index (χ0) is 20.9. The zero-order valence-corrected chi connectivity index (χ0v) is 18.1. The van der Waals surface area contributed by atoms with Crippen LogP contribution in [0.1, 0.15) is 43.4 Å². The van der Waals surface area contributed by atoms with E-state index >= 15 is 0 Å². The number of carbonyl (C=O) groups excluding carboxylic acids is 1.